The largest absolute Gasteiger partial charge is 0.392 e. The zero-order valence-corrected chi connectivity index (χ0v) is 11.5. The highest BCUT2D eigenvalue weighted by atomic mass is 32.2. The van der Waals surface area contributed by atoms with Gasteiger partial charge in [-0.1, -0.05) is 32.5 Å². The lowest BCUT2D eigenvalue weighted by molar-refractivity contribution is 0.169. The Balaban J connectivity index is 2.63. The molecule has 4 nitrogen and oxygen atoms in total. The third kappa shape index (κ3) is 3.40. The van der Waals surface area contributed by atoms with E-state index in [2.05, 4.69) is 26.1 Å². The summed E-state index contributed by atoms with van der Waals surface area (Å²) in [5.74, 6) is -0.203. The summed E-state index contributed by atoms with van der Waals surface area (Å²) >= 11 is 4.65. The SMILES string of the molecule is CCC1(C)CCN(S(=O)(=O)CC(N)=S)CC1. The van der Waals surface area contributed by atoms with Gasteiger partial charge < -0.3 is 5.73 Å². The summed E-state index contributed by atoms with van der Waals surface area (Å²) in [6, 6.07) is 0. The molecule has 0 radical (unpaired) electrons. The average molecular weight is 264 g/mol. The lowest BCUT2D eigenvalue weighted by Gasteiger charge is -2.38. The smallest absolute Gasteiger partial charge is 0.220 e. The van der Waals surface area contributed by atoms with Crippen molar-refractivity contribution in [1.29, 1.82) is 0 Å². The lowest BCUT2D eigenvalue weighted by atomic mass is 9.79. The number of nitrogens with two attached hydrogens (primary N) is 1. The van der Waals surface area contributed by atoms with Crippen LogP contribution in [-0.4, -0.2) is 36.6 Å². The Hall–Kier alpha value is -0.200. The van der Waals surface area contributed by atoms with Crippen molar-refractivity contribution in [3.8, 4) is 0 Å². The molecule has 2 N–H and O–H groups in total. The van der Waals surface area contributed by atoms with E-state index in [9.17, 15) is 8.42 Å². The first kappa shape index (κ1) is 13.9. The highest BCUT2D eigenvalue weighted by molar-refractivity contribution is 7.92. The van der Waals surface area contributed by atoms with Crippen LogP contribution in [0.5, 0.6) is 0 Å². The summed E-state index contributed by atoms with van der Waals surface area (Å²) in [5, 5.41) is 0. The van der Waals surface area contributed by atoms with Crippen LogP contribution in [0.15, 0.2) is 0 Å². The van der Waals surface area contributed by atoms with Crippen LogP contribution in [0.2, 0.25) is 0 Å². The van der Waals surface area contributed by atoms with E-state index in [0.29, 0.717) is 13.1 Å². The Morgan fingerprint density at radius 3 is 2.31 bits per heavy atom. The van der Waals surface area contributed by atoms with Crippen molar-refractivity contribution in [3.63, 3.8) is 0 Å². The molecule has 0 aromatic rings. The van der Waals surface area contributed by atoms with Gasteiger partial charge >= 0.3 is 0 Å². The first-order chi connectivity index (χ1) is 7.29. The molecule has 0 atom stereocenters. The topological polar surface area (TPSA) is 63.4 Å². The maximum absolute atomic E-state index is 11.9. The molecular weight excluding hydrogens is 244 g/mol. The first-order valence-corrected chi connectivity index (χ1v) is 7.57. The Bertz CT molecular complexity index is 357. The summed E-state index contributed by atoms with van der Waals surface area (Å²) in [4.78, 5) is 0.0452. The number of nitrogens with zero attached hydrogens (tertiary/aromatic N) is 1. The number of thiocarbonyl (C=S) groups is 1. The molecule has 0 aromatic carbocycles. The van der Waals surface area contributed by atoms with Crippen molar-refractivity contribution in [2.24, 2.45) is 11.1 Å². The van der Waals surface area contributed by atoms with Crippen molar-refractivity contribution in [2.75, 3.05) is 18.8 Å². The van der Waals surface area contributed by atoms with E-state index in [0.717, 1.165) is 19.3 Å². The van der Waals surface area contributed by atoms with Crippen molar-refractivity contribution >= 4 is 27.2 Å². The molecular formula is C10H20N2O2S2. The number of sulfonamides is 1. The van der Waals surface area contributed by atoms with Crippen LogP contribution < -0.4 is 5.73 Å². The molecule has 1 rings (SSSR count). The fraction of sp³-hybridized carbons (Fsp3) is 0.900. The zero-order valence-electron chi connectivity index (χ0n) is 9.90. The molecule has 0 saturated carbocycles. The van der Waals surface area contributed by atoms with Gasteiger partial charge in [0.25, 0.3) is 0 Å². The van der Waals surface area contributed by atoms with Gasteiger partial charge in [-0.25, -0.2) is 12.7 Å². The molecule has 0 spiro atoms. The number of rotatable bonds is 4. The van der Waals surface area contributed by atoms with Gasteiger partial charge in [0.15, 0.2) is 0 Å². The van der Waals surface area contributed by atoms with Gasteiger partial charge in [-0.15, -0.1) is 0 Å². The fourth-order valence-corrected chi connectivity index (χ4v) is 3.66. The quantitative estimate of drug-likeness (QED) is 0.773. The Labute approximate surface area is 103 Å². The molecule has 0 aromatic heterocycles. The molecule has 1 heterocycles. The molecule has 6 heteroatoms. The maximum atomic E-state index is 11.9. The highest BCUT2D eigenvalue weighted by Gasteiger charge is 2.33. The fourth-order valence-electron chi connectivity index (χ4n) is 1.93. The predicted octanol–water partition coefficient (Wildman–Crippen LogP) is 1.11. The normalized spacial score (nSPS) is 21.9. The van der Waals surface area contributed by atoms with Gasteiger partial charge in [-0.2, -0.15) is 0 Å². The van der Waals surface area contributed by atoms with E-state index in [-0.39, 0.29) is 16.2 Å². The summed E-state index contributed by atoms with van der Waals surface area (Å²) in [6.45, 7) is 5.55. The van der Waals surface area contributed by atoms with Crippen LogP contribution in [0.4, 0.5) is 0 Å². The molecule has 94 valence electrons. The first-order valence-electron chi connectivity index (χ1n) is 5.55. The van der Waals surface area contributed by atoms with Gasteiger partial charge in [0.05, 0.1) is 4.99 Å². The second kappa shape index (κ2) is 4.98. The van der Waals surface area contributed by atoms with E-state index >= 15 is 0 Å². The third-order valence-corrected chi connectivity index (χ3v) is 5.66. The van der Waals surface area contributed by atoms with Gasteiger partial charge in [-0.3, -0.25) is 0 Å². The van der Waals surface area contributed by atoms with E-state index in [1.807, 2.05) is 0 Å². The van der Waals surface area contributed by atoms with Gasteiger partial charge in [0.2, 0.25) is 10.0 Å². The Morgan fingerprint density at radius 1 is 1.44 bits per heavy atom. The lowest BCUT2D eigenvalue weighted by Crippen LogP contribution is -2.44. The molecule has 0 unspecified atom stereocenters. The van der Waals surface area contributed by atoms with Crippen molar-refractivity contribution in [2.45, 2.75) is 33.1 Å². The van der Waals surface area contributed by atoms with Crippen LogP contribution in [0, 0.1) is 5.41 Å². The summed E-state index contributed by atoms with van der Waals surface area (Å²) < 4.78 is 25.2. The van der Waals surface area contributed by atoms with E-state index in [4.69, 9.17) is 5.73 Å². The Kier molecular flexibility index (Phi) is 4.31. The molecule has 0 bridgehead atoms. The van der Waals surface area contributed by atoms with E-state index < -0.39 is 10.0 Å². The monoisotopic (exact) mass is 264 g/mol. The minimum atomic E-state index is -3.27. The highest BCUT2D eigenvalue weighted by Crippen LogP contribution is 2.34. The standard InChI is InChI=1S/C10H20N2O2S2/c1-3-10(2)4-6-12(7-5-10)16(13,14)8-9(11)15/h3-8H2,1-2H3,(H2,11,15). The summed E-state index contributed by atoms with van der Waals surface area (Å²) in [6.07, 6.45) is 2.93. The molecule has 1 aliphatic rings. The molecule has 0 amide bonds. The molecule has 0 aliphatic carbocycles. The Morgan fingerprint density at radius 2 is 1.94 bits per heavy atom. The molecule has 1 saturated heterocycles. The maximum Gasteiger partial charge on any atom is 0.220 e. The molecule has 1 aliphatic heterocycles. The predicted molar refractivity (Wildman–Crippen MR) is 69.8 cm³/mol. The van der Waals surface area contributed by atoms with Crippen LogP contribution in [0.25, 0.3) is 0 Å². The molecule has 16 heavy (non-hydrogen) atoms. The second-order valence-corrected chi connectivity index (χ2v) is 7.28. The van der Waals surface area contributed by atoms with Crippen LogP contribution >= 0.6 is 12.2 Å². The minimum Gasteiger partial charge on any atom is -0.392 e. The van der Waals surface area contributed by atoms with Gasteiger partial charge in [0, 0.05) is 13.1 Å². The number of hydrogen-bond donors (Lipinski definition) is 1. The zero-order chi connectivity index (χ0) is 12.4. The van der Waals surface area contributed by atoms with E-state index in [1.165, 1.54) is 4.31 Å². The van der Waals surface area contributed by atoms with E-state index in [1.54, 1.807) is 0 Å². The van der Waals surface area contributed by atoms with Crippen molar-refractivity contribution in [3.05, 3.63) is 0 Å². The van der Waals surface area contributed by atoms with Crippen LogP contribution in [0.3, 0.4) is 0 Å². The average Bonchev–Trinajstić information content (AvgIpc) is 2.16. The number of piperidine rings is 1. The number of hydrogen-bond acceptors (Lipinski definition) is 3. The second-order valence-electron chi connectivity index (χ2n) is 4.79. The minimum absolute atomic E-state index is 0.0452. The summed E-state index contributed by atoms with van der Waals surface area (Å²) in [5.41, 5.74) is 5.58. The van der Waals surface area contributed by atoms with Crippen molar-refractivity contribution in [1.82, 2.24) is 4.31 Å². The van der Waals surface area contributed by atoms with Crippen molar-refractivity contribution < 1.29 is 8.42 Å². The summed E-state index contributed by atoms with van der Waals surface area (Å²) in [7, 11) is -3.27. The van der Waals surface area contributed by atoms with Crippen LogP contribution in [-0.2, 0) is 10.0 Å². The molecule has 1 fully saturated rings. The third-order valence-electron chi connectivity index (χ3n) is 3.50. The van der Waals surface area contributed by atoms with Crippen LogP contribution in [0.1, 0.15) is 33.1 Å². The van der Waals surface area contributed by atoms with Gasteiger partial charge in [-0.05, 0) is 18.3 Å². The van der Waals surface area contributed by atoms with Gasteiger partial charge in [0.1, 0.15) is 5.75 Å².